The maximum Gasteiger partial charge on any atom is 0.510 e. The van der Waals surface area contributed by atoms with Crippen LogP contribution in [0, 0.1) is 20.2 Å². The monoisotopic (exact) mass is 121 g/mol. The minimum absolute atomic E-state index is 1.18. The van der Waals surface area contributed by atoms with Crippen LogP contribution in [0.2, 0.25) is 0 Å². The summed E-state index contributed by atoms with van der Waals surface area (Å²) in [5, 5.41) is 18.8. The average molecular weight is 121 g/mol. The first-order chi connectivity index (χ1) is 3.55. The van der Waals surface area contributed by atoms with Crippen molar-refractivity contribution in [3.63, 3.8) is 0 Å². The fourth-order valence-corrected chi connectivity index (χ4v) is 0.0770. The zero-order valence-electron chi connectivity index (χ0n) is 3.68. The smallest absolute Gasteiger partial charge is 0.257 e. The minimum Gasteiger partial charge on any atom is -0.257 e. The van der Waals surface area contributed by atoms with Crippen molar-refractivity contribution >= 4 is 0 Å². The number of nitro groups is 2. The van der Waals surface area contributed by atoms with Crippen LogP contribution in [0.4, 0.5) is 0 Å². The van der Waals surface area contributed by atoms with E-state index in [0.717, 1.165) is 0 Å². The van der Waals surface area contributed by atoms with Gasteiger partial charge >= 0.3 is 6.29 Å². The average Bonchev–Trinajstić information content (AvgIpc) is 1.64. The molecule has 0 heterocycles. The van der Waals surface area contributed by atoms with E-state index in [1.54, 1.807) is 0 Å². The third-order valence-electron chi connectivity index (χ3n) is 0.432. The number of rotatable bonds is 2. The molecule has 0 atom stereocenters. The molecule has 8 heavy (non-hydrogen) atoms. The number of hydrogen-bond acceptors (Lipinski definition) is 5. The van der Waals surface area contributed by atoms with Crippen molar-refractivity contribution in [1.29, 1.82) is 0 Å². The van der Waals surface area contributed by atoms with Crippen molar-refractivity contribution in [1.82, 2.24) is 0 Å². The summed E-state index contributed by atoms with van der Waals surface area (Å²) >= 11 is 0. The molecular formula is CH3N3O4. The Kier molecular flexibility index (Phi) is 1.83. The molecule has 0 saturated heterocycles. The molecule has 0 aromatic carbocycles. The van der Waals surface area contributed by atoms with Gasteiger partial charge in [-0.2, -0.15) is 0 Å². The molecule has 0 unspecified atom stereocenters. The summed E-state index contributed by atoms with van der Waals surface area (Å²) in [7, 11) is 0. The van der Waals surface area contributed by atoms with Gasteiger partial charge in [-0.3, -0.25) is 20.2 Å². The molecule has 0 aromatic rings. The summed E-state index contributed by atoms with van der Waals surface area (Å²) in [6, 6.07) is 0. The lowest BCUT2D eigenvalue weighted by atomic mass is 11.0. The van der Waals surface area contributed by atoms with Gasteiger partial charge in [-0.15, -0.1) is 0 Å². The lowest BCUT2D eigenvalue weighted by molar-refractivity contribution is -0.741. The second-order valence-corrected chi connectivity index (χ2v) is 0.984. The molecule has 0 saturated carbocycles. The van der Waals surface area contributed by atoms with Crippen molar-refractivity contribution in [2.75, 3.05) is 0 Å². The molecule has 0 aliphatic rings. The standard InChI is InChI=1S/CH3N3O4/c2-1(3(5)6)4(7)8/h1H,2H2. The highest BCUT2D eigenvalue weighted by atomic mass is 16.7. The van der Waals surface area contributed by atoms with Gasteiger partial charge < -0.3 is 0 Å². The number of hydrogen-bond donors (Lipinski definition) is 1. The van der Waals surface area contributed by atoms with Gasteiger partial charge in [-0.25, -0.2) is 5.73 Å². The van der Waals surface area contributed by atoms with Gasteiger partial charge in [0.15, 0.2) is 0 Å². The summed E-state index contributed by atoms with van der Waals surface area (Å²) < 4.78 is 0. The van der Waals surface area contributed by atoms with E-state index in [1.807, 2.05) is 0 Å². The van der Waals surface area contributed by atoms with Gasteiger partial charge in [-0.1, -0.05) is 0 Å². The quantitative estimate of drug-likeness (QED) is 0.279. The van der Waals surface area contributed by atoms with E-state index in [-0.39, 0.29) is 0 Å². The van der Waals surface area contributed by atoms with Gasteiger partial charge in [0, 0.05) is 0 Å². The predicted octanol–water partition coefficient (Wildman–Crippen LogP) is -1.22. The Labute approximate surface area is 43.4 Å². The zero-order valence-corrected chi connectivity index (χ0v) is 3.68. The zero-order chi connectivity index (χ0) is 6.73. The van der Waals surface area contributed by atoms with E-state index in [0.29, 0.717) is 0 Å². The Hall–Kier alpha value is -1.24. The Balaban J connectivity index is 3.83. The fraction of sp³-hybridized carbons (Fsp3) is 1.00. The van der Waals surface area contributed by atoms with Gasteiger partial charge in [0.05, 0.1) is 0 Å². The lowest BCUT2D eigenvalue weighted by Gasteiger charge is -1.90. The van der Waals surface area contributed by atoms with Crippen molar-refractivity contribution < 1.29 is 9.85 Å². The normalized spacial score (nSPS) is 9.25. The van der Waals surface area contributed by atoms with Crippen molar-refractivity contribution in [2.24, 2.45) is 5.73 Å². The Morgan fingerprint density at radius 1 is 1.25 bits per heavy atom. The molecule has 0 fully saturated rings. The topological polar surface area (TPSA) is 112 Å². The highest BCUT2D eigenvalue weighted by Gasteiger charge is 2.24. The van der Waals surface area contributed by atoms with Crippen LogP contribution in [0.25, 0.3) is 0 Å². The molecule has 0 bridgehead atoms. The highest BCUT2D eigenvalue weighted by molar-refractivity contribution is 4.20. The molecule has 0 rings (SSSR count). The maximum atomic E-state index is 9.38. The summed E-state index contributed by atoms with van der Waals surface area (Å²) in [6.45, 7) is 0. The van der Waals surface area contributed by atoms with Gasteiger partial charge in [0.1, 0.15) is 9.85 Å². The molecule has 7 nitrogen and oxygen atoms in total. The van der Waals surface area contributed by atoms with Crippen LogP contribution in [-0.4, -0.2) is 16.1 Å². The molecule has 0 amide bonds. The van der Waals surface area contributed by atoms with Crippen LogP contribution in [0.15, 0.2) is 0 Å². The van der Waals surface area contributed by atoms with Crippen LogP contribution in [0.3, 0.4) is 0 Å². The van der Waals surface area contributed by atoms with E-state index in [4.69, 9.17) is 0 Å². The van der Waals surface area contributed by atoms with Crippen LogP contribution in [0.1, 0.15) is 0 Å². The number of nitrogens with zero attached hydrogens (tertiary/aromatic N) is 2. The van der Waals surface area contributed by atoms with Gasteiger partial charge in [0.2, 0.25) is 0 Å². The SMILES string of the molecule is NC([N+](=O)[O-])[N+](=O)[O-]. The predicted molar refractivity (Wildman–Crippen MR) is 22.0 cm³/mol. The summed E-state index contributed by atoms with van der Waals surface area (Å²) in [6.07, 6.45) is -2.19. The van der Waals surface area contributed by atoms with Crippen LogP contribution < -0.4 is 5.73 Å². The first kappa shape index (κ1) is 6.76. The van der Waals surface area contributed by atoms with Crippen LogP contribution >= 0.6 is 0 Å². The molecule has 2 N–H and O–H groups in total. The Morgan fingerprint density at radius 3 is 1.50 bits per heavy atom. The van der Waals surface area contributed by atoms with Gasteiger partial charge in [-0.05, 0) is 0 Å². The minimum atomic E-state index is -2.19. The first-order valence-electron chi connectivity index (χ1n) is 1.58. The highest BCUT2D eigenvalue weighted by Crippen LogP contribution is 1.77. The second-order valence-electron chi connectivity index (χ2n) is 0.984. The van der Waals surface area contributed by atoms with Crippen molar-refractivity contribution in [3.8, 4) is 0 Å². The molecule has 46 valence electrons. The lowest BCUT2D eigenvalue weighted by Crippen LogP contribution is -2.37. The summed E-state index contributed by atoms with van der Waals surface area (Å²) in [5.74, 6) is 0. The fourth-order valence-electron chi connectivity index (χ4n) is 0.0770. The van der Waals surface area contributed by atoms with E-state index in [2.05, 4.69) is 5.73 Å². The van der Waals surface area contributed by atoms with E-state index in [9.17, 15) is 20.2 Å². The van der Waals surface area contributed by atoms with E-state index < -0.39 is 16.1 Å². The molecular weight excluding hydrogens is 118 g/mol. The molecule has 0 aliphatic heterocycles. The summed E-state index contributed by atoms with van der Waals surface area (Å²) in [4.78, 5) is 16.4. The first-order valence-corrected chi connectivity index (χ1v) is 1.58. The molecule has 0 radical (unpaired) electrons. The largest absolute Gasteiger partial charge is 0.510 e. The molecule has 0 aromatic heterocycles. The number of nitrogens with two attached hydrogens (primary N) is 1. The summed E-state index contributed by atoms with van der Waals surface area (Å²) in [5.41, 5.74) is 4.36. The molecule has 7 heteroatoms. The van der Waals surface area contributed by atoms with Crippen molar-refractivity contribution in [3.05, 3.63) is 20.2 Å². The third-order valence-corrected chi connectivity index (χ3v) is 0.432. The van der Waals surface area contributed by atoms with E-state index >= 15 is 0 Å². The Bertz CT molecular complexity index is 106. The van der Waals surface area contributed by atoms with Crippen LogP contribution in [0.5, 0.6) is 0 Å². The second kappa shape index (κ2) is 2.17. The van der Waals surface area contributed by atoms with Gasteiger partial charge in [0.25, 0.3) is 0 Å². The van der Waals surface area contributed by atoms with Crippen LogP contribution in [-0.2, 0) is 0 Å². The molecule has 0 spiro atoms. The maximum absolute atomic E-state index is 9.38. The van der Waals surface area contributed by atoms with E-state index in [1.165, 1.54) is 0 Å². The third kappa shape index (κ3) is 1.47. The molecule has 0 aliphatic carbocycles. The Morgan fingerprint density at radius 2 is 1.50 bits per heavy atom. The van der Waals surface area contributed by atoms with Crippen molar-refractivity contribution in [2.45, 2.75) is 6.29 Å².